The van der Waals surface area contributed by atoms with Gasteiger partial charge in [-0.05, 0) is 49.7 Å². The van der Waals surface area contributed by atoms with E-state index >= 15 is 0 Å². The van der Waals surface area contributed by atoms with Crippen molar-refractivity contribution in [3.63, 3.8) is 0 Å². The summed E-state index contributed by atoms with van der Waals surface area (Å²) < 4.78 is 5.89. The molecule has 166 valence electrons. The molecule has 0 spiro atoms. The summed E-state index contributed by atoms with van der Waals surface area (Å²) >= 11 is 0. The van der Waals surface area contributed by atoms with Crippen LogP contribution in [-0.4, -0.2) is 62.8 Å². The quantitative estimate of drug-likeness (QED) is 0.518. The van der Waals surface area contributed by atoms with Gasteiger partial charge in [0, 0.05) is 24.9 Å². The monoisotopic (exact) mass is 410 g/mol. The van der Waals surface area contributed by atoms with Crippen LogP contribution in [0.15, 0.2) is 11.1 Å². The van der Waals surface area contributed by atoms with Gasteiger partial charge >= 0.3 is 0 Å². The zero-order chi connectivity index (χ0) is 22.1. The van der Waals surface area contributed by atoms with Crippen molar-refractivity contribution in [3.8, 4) is 0 Å². The SMILES string of the molecule is CCO[C@@H]1C[C@H](O)[C@@]2(C)C(=O)[C@H](O)C3=C(C)[C@@H](O)C[C@@](O)([C@@H](C)[C@@H]2[C@H]1C)C3(C)C. The second-order valence-electron chi connectivity index (χ2n) is 10.3. The summed E-state index contributed by atoms with van der Waals surface area (Å²) in [6.45, 7) is 13.5. The minimum atomic E-state index is -1.48. The molecule has 2 fully saturated rings. The van der Waals surface area contributed by atoms with Crippen LogP contribution in [0.25, 0.3) is 0 Å². The maximum Gasteiger partial charge on any atom is 0.174 e. The third kappa shape index (κ3) is 2.83. The van der Waals surface area contributed by atoms with Crippen LogP contribution < -0.4 is 0 Å². The van der Waals surface area contributed by atoms with Gasteiger partial charge in [-0.1, -0.05) is 27.7 Å². The predicted molar refractivity (Wildman–Crippen MR) is 109 cm³/mol. The Morgan fingerprint density at radius 3 is 2.28 bits per heavy atom. The molecular formula is C23H38O6. The van der Waals surface area contributed by atoms with Gasteiger partial charge in [-0.2, -0.15) is 0 Å². The molecule has 0 unspecified atom stereocenters. The number of ketones is 1. The third-order valence-corrected chi connectivity index (χ3v) is 8.90. The molecule has 2 bridgehead atoms. The highest BCUT2D eigenvalue weighted by molar-refractivity contribution is 5.93. The molecule has 0 amide bonds. The molecule has 2 saturated carbocycles. The summed E-state index contributed by atoms with van der Waals surface area (Å²) in [4.78, 5) is 13.7. The van der Waals surface area contributed by atoms with Gasteiger partial charge in [0.05, 0.1) is 29.3 Å². The molecule has 3 rings (SSSR count). The van der Waals surface area contributed by atoms with E-state index in [-0.39, 0.29) is 18.4 Å². The molecule has 0 heterocycles. The maximum atomic E-state index is 13.7. The summed E-state index contributed by atoms with van der Waals surface area (Å²) in [5.41, 5.74) is -2.54. The highest BCUT2D eigenvalue weighted by atomic mass is 16.5. The highest BCUT2D eigenvalue weighted by Crippen LogP contribution is 2.61. The van der Waals surface area contributed by atoms with Crippen LogP contribution in [0.2, 0.25) is 0 Å². The fourth-order valence-electron chi connectivity index (χ4n) is 7.06. The molecule has 29 heavy (non-hydrogen) atoms. The first kappa shape index (κ1) is 22.9. The van der Waals surface area contributed by atoms with E-state index in [1.165, 1.54) is 0 Å². The Bertz CT molecular complexity index is 714. The first-order valence-electron chi connectivity index (χ1n) is 10.9. The first-order chi connectivity index (χ1) is 13.3. The van der Waals surface area contributed by atoms with Crippen molar-refractivity contribution in [2.45, 2.75) is 91.3 Å². The van der Waals surface area contributed by atoms with E-state index in [9.17, 15) is 25.2 Å². The highest BCUT2D eigenvalue weighted by Gasteiger charge is 2.67. The van der Waals surface area contributed by atoms with Crippen molar-refractivity contribution in [1.82, 2.24) is 0 Å². The van der Waals surface area contributed by atoms with E-state index < -0.39 is 52.4 Å². The molecule has 9 atom stereocenters. The standard InChI is InChI=1S/C23H38O6/c1-8-29-15-9-16(25)22(7)17(12(15)3)13(4)23(28)10-14(24)11(2)18(21(23,5)6)19(26)20(22)27/h12-17,19,24-26,28H,8-10H2,1-7H3/t12-,13-,14-,15+,16-,17-,19+,22+,23+/m0/s1. The molecule has 3 aliphatic rings. The van der Waals surface area contributed by atoms with Crippen LogP contribution in [0.1, 0.15) is 61.3 Å². The third-order valence-electron chi connectivity index (χ3n) is 8.90. The van der Waals surface area contributed by atoms with Gasteiger partial charge in [0.1, 0.15) is 6.10 Å². The summed E-state index contributed by atoms with van der Waals surface area (Å²) in [6.07, 6.45) is -3.18. The van der Waals surface area contributed by atoms with Gasteiger partial charge in [0.15, 0.2) is 5.78 Å². The number of Topliss-reactive ketones (excluding diaryl/α,β-unsaturated/α-hetero) is 1. The van der Waals surface area contributed by atoms with Crippen LogP contribution in [0.3, 0.4) is 0 Å². The normalized spacial score (nSPS) is 50.0. The van der Waals surface area contributed by atoms with Crippen molar-refractivity contribution < 1.29 is 30.0 Å². The number of ether oxygens (including phenoxy) is 1. The zero-order valence-corrected chi connectivity index (χ0v) is 18.8. The summed E-state index contributed by atoms with van der Waals surface area (Å²) in [5.74, 6) is -1.37. The van der Waals surface area contributed by atoms with E-state index in [0.29, 0.717) is 24.2 Å². The molecule has 0 radical (unpaired) electrons. The molecule has 4 N–H and O–H groups in total. The van der Waals surface area contributed by atoms with Gasteiger partial charge in [0.2, 0.25) is 0 Å². The minimum absolute atomic E-state index is 0.111. The molecule has 0 saturated heterocycles. The van der Waals surface area contributed by atoms with Gasteiger partial charge in [-0.3, -0.25) is 4.79 Å². The molecule has 0 aromatic rings. The fourth-order valence-corrected chi connectivity index (χ4v) is 7.06. The van der Waals surface area contributed by atoms with E-state index in [1.54, 1.807) is 13.8 Å². The zero-order valence-electron chi connectivity index (χ0n) is 18.8. The van der Waals surface area contributed by atoms with Crippen LogP contribution in [0.5, 0.6) is 0 Å². The number of aliphatic hydroxyl groups is 4. The van der Waals surface area contributed by atoms with Gasteiger partial charge in [-0.15, -0.1) is 0 Å². The number of hydrogen-bond acceptors (Lipinski definition) is 6. The maximum absolute atomic E-state index is 13.7. The molecule has 0 aromatic heterocycles. The molecule has 0 aromatic carbocycles. The summed E-state index contributed by atoms with van der Waals surface area (Å²) in [5, 5.41) is 45.1. The average Bonchev–Trinajstić information content (AvgIpc) is 2.63. The van der Waals surface area contributed by atoms with Crippen LogP contribution in [0, 0.1) is 28.6 Å². The Morgan fingerprint density at radius 2 is 1.72 bits per heavy atom. The lowest BCUT2D eigenvalue weighted by molar-refractivity contribution is -0.217. The largest absolute Gasteiger partial charge is 0.392 e. The Balaban J connectivity index is 2.28. The second kappa shape index (κ2) is 7.13. The number of carbonyl (C=O) groups is 1. The number of hydrogen-bond donors (Lipinski definition) is 4. The number of fused-ring (bicyclic) bond motifs is 3. The second-order valence-corrected chi connectivity index (χ2v) is 10.3. The van der Waals surface area contributed by atoms with E-state index in [1.807, 2.05) is 34.6 Å². The fraction of sp³-hybridized carbons (Fsp3) is 0.870. The number of aliphatic hydroxyl groups excluding tert-OH is 3. The molecule has 0 aliphatic heterocycles. The van der Waals surface area contributed by atoms with E-state index in [4.69, 9.17) is 4.74 Å². The van der Waals surface area contributed by atoms with Crippen molar-refractivity contribution in [1.29, 1.82) is 0 Å². The number of rotatable bonds is 2. The van der Waals surface area contributed by atoms with Crippen molar-refractivity contribution in [2.24, 2.45) is 28.6 Å². The predicted octanol–water partition coefficient (Wildman–Crippen LogP) is 1.83. The van der Waals surface area contributed by atoms with Crippen molar-refractivity contribution in [3.05, 3.63) is 11.1 Å². The lowest BCUT2D eigenvalue weighted by Gasteiger charge is -2.62. The topological polar surface area (TPSA) is 107 Å². The molecule has 6 nitrogen and oxygen atoms in total. The van der Waals surface area contributed by atoms with Gasteiger partial charge in [0.25, 0.3) is 0 Å². The Morgan fingerprint density at radius 1 is 1.14 bits per heavy atom. The lowest BCUT2D eigenvalue weighted by Crippen LogP contribution is -2.69. The van der Waals surface area contributed by atoms with Crippen molar-refractivity contribution in [2.75, 3.05) is 6.61 Å². The van der Waals surface area contributed by atoms with Gasteiger partial charge < -0.3 is 25.2 Å². The smallest absolute Gasteiger partial charge is 0.174 e. The summed E-state index contributed by atoms with van der Waals surface area (Å²) in [7, 11) is 0. The van der Waals surface area contributed by atoms with Crippen LogP contribution in [-0.2, 0) is 9.53 Å². The average molecular weight is 411 g/mol. The van der Waals surface area contributed by atoms with E-state index in [0.717, 1.165) is 0 Å². The van der Waals surface area contributed by atoms with Crippen LogP contribution >= 0.6 is 0 Å². The lowest BCUT2D eigenvalue weighted by atomic mass is 9.44. The Kier molecular flexibility index (Phi) is 5.62. The molecule has 3 aliphatic carbocycles. The van der Waals surface area contributed by atoms with E-state index in [2.05, 4.69) is 0 Å². The number of carbonyl (C=O) groups excluding carboxylic acids is 1. The minimum Gasteiger partial charge on any atom is -0.392 e. The Hall–Kier alpha value is -0.790. The molecular weight excluding hydrogens is 372 g/mol. The first-order valence-corrected chi connectivity index (χ1v) is 10.9. The Labute approximate surface area is 174 Å². The van der Waals surface area contributed by atoms with Crippen molar-refractivity contribution >= 4 is 5.78 Å². The van der Waals surface area contributed by atoms with Gasteiger partial charge in [-0.25, -0.2) is 0 Å². The van der Waals surface area contributed by atoms with Crippen LogP contribution in [0.4, 0.5) is 0 Å². The summed E-state index contributed by atoms with van der Waals surface area (Å²) in [6, 6.07) is 0. The molecule has 6 heteroatoms.